The lowest BCUT2D eigenvalue weighted by Crippen LogP contribution is -2.44. The number of nitrogens with zero attached hydrogens (tertiary/aromatic N) is 1. The van der Waals surface area contributed by atoms with Crippen molar-refractivity contribution in [2.45, 2.75) is 53.5 Å². The summed E-state index contributed by atoms with van der Waals surface area (Å²) in [4.78, 5) is 2.54. The van der Waals surface area contributed by atoms with Crippen LogP contribution < -0.4 is 4.90 Å². The van der Waals surface area contributed by atoms with Gasteiger partial charge in [0, 0.05) is 22.8 Å². The Balaban J connectivity index is 2.60. The zero-order valence-electron chi connectivity index (χ0n) is 14.4. The van der Waals surface area contributed by atoms with E-state index in [9.17, 15) is 0 Å². The quantitative estimate of drug-likeness (QED) is 0.634. The zero-order chi connectivity index (χ0) is 15.6. The highest BCUT2D eigenvalue weighted by Gasteiger charge is 2.31. The first kappa shape index (κ1) is 15.9. The highest BCUT2D eigenvalue weighted by atomic mass is 15.2. The van der Waals surface area contributed by atoms with E-state index in [-0.39, 0.29) is 5.54 Å². The molecule has 2 atom stereocenters. The number of hydrogen-bond donors (Lipinski definition) is 0. The van der Waals surface area contributed by atoms with E-state index in [2.05, 4.69) is 88.9 Å². The van der Waals surface area contributed by atoms with E-state index in [1.165, 1.54) is 11.4 Å². The van der Waals surface area contributed by atoms with Crippen LogP contribution in [0.4, 0.5) is 5.69 Å². The molecule has 2 rings (SSSR count). The summed E-state index contributed by atoms with van der Waals surface area (Å²) in [5.74, 6) is 1.00. The number of allylic oxidation sites excluding steroid dienone is 3. The fourth-order valence-electron chi connectivity index (χ4n) is 3.38. The highest BCUT2D eigenvalue weighted by molar-refractivity contribution is 5.57. The van der Waals surface area contributed by atoms with E-state index < -0.39 is 0 Å². The Morgan fingerprint density at radius 1 is 0.952 bits per heavy atom. The second kappa shape index (κ2) is 6.09. The zero-order valence-corrected chi connectivity index (χ0v) is 14.4. The Hall–Kier alpha value is -1.50. The molecule has 21 heavy (non-hydrogen) atoms. The van der Waals surface area contributed by atoms with Crippen LogP contribution in [0, 0.1) is 11.8 Å². The Morgan fingerprint density at radius 2 is 1.52 bits per heavy atom. The van der Waals surface area contributed by atoms with E-state index in [4.69, 9.17) is 0 Å². The third-order valence-corrected chi connectivity index (χ3v) is 4.31. The van der Waals surface area contributed by atoms with Gasteiger partial charge in [0.2, 0.25) is 0 Å². The summed E-state index contributed by atoms with van der Waals surface area (Å²) in [7, 11) is 0. The number of hydrogen-bond acceptors (Lipinski definition) is 1. The summed E-state index contributed by atoms with van der Waals surface area (Å²) < 4.78 is 0. The van der Waals surface area contributed by atoms with Crippen molar-refractivity contribution in [3.05, 3.63) is 53.8 Å². The van der Waals surface area contributed by atoms with Gasteiger partial charge in [0.25, 0.3) is 0 Å². The minimum absolute atomic E-state index is 0.0657. The van der Waals surface area contributed by atoms with Crippen LogP contribution in [0.1, 0.15) is 48.0 Å². The molecule has 1 aliphatic rings. The van der Waals surface area contributed by atoms with Crippen molar-refractivity contribution in [2.75, 3.05) is 4.90 Å². The maximum absolute atomic E-state index is 2.54. The molecule has 0 saturated heterocycles. The summed E-state index contributed by atoms with van der Waals surface area (Å²) in [5, 5.41) is 0. The lowest BCUT2D eigenvalue weighted by Gasteiger charge is -2.44. The third-order valence-electron chi connectivity index (χ3n) is 4.31. The average Bonchev–Trinajstić information content (AvgIpc) is 2.43. The standard InChI is InChI=1S/C20H29N/c1-7-18-15(2)13-14-16(3)19(18)21(20(4,5)6)17-11-9-8-10-12-17/h8-16H,7H2,1-6H3. The van der Waals surface area contributed by atoms with Gasteiger partial charge in [-0.15, -0.1) is 0 Å². The SMILES string of the molecule is CCC1=C(N(c2ccccc2)C(C)(C)C)C(C)C=CC1C. The Labute approximate surface area is 130 Å². The third kappa shape index (κ3) is 3.23. The van der Waals surface area contributed by atoms with E-state index in [0.717, 1.165) is 6.42 Å². The molecule has 0 heterocycles. The first-order chi connectivity index (χ1) is 9.86. The predicted molar refractivity (Wildman–Crippen MR) is 93.5 cm³/mol. The minimum atomic E-state index is 0.0657. The van der Waals surface area contributed by atoms with Gasteiger partial charge < -0.3 is 4.90 Å². The van der Waals surface area contributed by atoms with Crippen molar-refractivity contribution in [2.24, 2.45) is 11.8 Å². The van der Waals surface area contributed by atoms with Gasteiger partial charge in [-0.2, -0.15) is 0 Å². The van der Waals surface area contributed by atoms with Gasteiger partial charge in [0.05, 0.1) is 0 Å². The van der Waals surface area contributed by atoms with Crippen LogP contribution in [0.5, 0.6) is 0 Å². The lowest BCUT2D eigenvalue weighted by molar-refractivity contribution is 0.506. The molecule has 1 heteroatoms. The van der Waals surface area contributed by atoms with Crippen LogP contribution >= 0.6 is 0 Å². The van der Waals surface area contributed by atoms with Crippen molar-refractivity contribution in [3.8, 4) is 0 Å². The highest BCUT2D eigenvalue weighted by Crippen LogP contribution is 2.39. The maximum atomic E-state index is 2.54. The molecule has 1 aliphatic carbocycles. The molecule has 2 unspecified atom stereocenters. The van der Waals surface area contributed by atoms with Gasteiger partial charge in [0.15, 0.2) is 0 Å². The fraction of sp³-hybridized carbons (Fsp3) is 0.500. The Kier molecular flexibility index (Phi) is 4.61. The second-order valence-electron chi connectivity index (χ2n) is 7.07. The summed E-state index contributed by atoms with van der Waals surface area (Å²) in [6, 6.07) is 10.8. The molecule has 0 radical (unpaired) electrons. The summed E-state index contributed by atoms with van der Waals surface area (Å²) >= 11 is 0. The van der Waals surface area contributed by atoms with Crippen molar-refractivity contribution in [1.82, 2.24) is 0 Å². The fourth-order valence-corrected chi connectivity index (χ4v) is 3.38. The molecule has 0 amide bonds. The molecule has 0 bridgehead atoms. The summed E-state index contributed by atoms with van der Waals surface area (Å²) in [5.41, 5.74) is 4.42. The Morgan fingerprint density at radius 3 is 2.05 bits per heavy atom. The van der Waals surface area contributed by atoms with Crippen molar-refractivity contribution in [3.63, 3.8) is 0 Å². The minimum Gasteiger partial charge on any atom is -0.339 e. The molecule has 1 aromatic rings. The van der Waals surface area contributed by atoms with Gasteiger partial charge >= 0.3 is 0 Å². The van der Waals surface area contributed by atoms with E-state index in [1.54, 1.807) is 5.57 Å². The number of para-hydroxylation sites is 1. The van der Waals surface area contributed by atoms with Crippen molar-refractivity contribution in [1.29, 1.82) is 0 Å². The molecule has 1 nitrogen and oxygen atoms in total. The first-order valence-electron chi connectivity index (χ1n) is 8.12. The van der Waals surface area contributed by atoms with E-state index >= 15 is 0 Å². The van der Waals surface area contributed by atoms with Crippen LogP contribution in [-0.2, 0) is 0 Å². The number of anilines is 1. The molecule has 1 aromatic carbocycles. The molecule has 0 fully saturated rings. The van der Waals surface area contributed by atoms with Gasteiger partial charge in [-0.3, -0.25) is 0 Å². The molecule has 0 aromatic heterocycles. The number of benzene rings is 1. The average molecular weight is 283 g/mol. The van der Waals surface area contributed by atoms with Crippen LogP contribution in [0.3, 0.4) is 0 Å². The second-order valence-corrected chi connectivity index (χ2v) is 7.07. The lowest BCUT2D eigenvalue weighted by atomic mass is 9.83. The number of rotatable bonds is 3. The topological polar surface area (TPSA) is 3.24 Å². The first-order valence-corrected chi connectivity index (χ1v) is 8.12. The summed E-state index contributed by atoms with van der Waals surface area (Å²) in [6.45, 7) is 13.8. The van der Waals surface area contributed by atoms with Crippen LogP contribution in [-0.4, -0.2) is 5.54 Å². The van der Waals surface area contributed by atoms with Gasteiger partial charge in [-0.1, -0.05) is 51.1 Å². The normalized spacial score (nSPS) is 22.6. The van der Waals surface area contributed by atoms with Crippen LogP contribution in [0.25, 0.3) is 0 Å². The Bertz CT molecular complexity index is 531. The monoisotopic (exact) mass is 283 g/mol. The molecule has 0 aliphatic heterocycles. The molecule has 0 spiro atoms. The van der Waals surface area contributed by atoms with Gasteiger partial charge in [-0.05, 0) is 50.8 Å². The maximum Gasteiger partial charge on any atom is 0.0413 e. The van der Waals surface area contributed by atoms with Crippen LogP contribution in [0.15, 0.2) is 53.8 Å². The van der Waals surface area contributed by atoms with Crippen LogP contribution in [0.2, 0.25) is 0 Å². The van der Waals surface area contributed by atoms with E-state index in [1.807, 2.05) is 0 Å². The van der Waals surface area contributed by atoms with Crippen molar-refractivity contribution < 1.29 is 0 Å². The van der Waals surface area contributed by atoms with Crippen molar-refractivity contribution >= 4 is 5.69 Å². The molecular weight excluding hydrogens is 254 g/mol. The van der Waals surface area contributed by atoms with Gasteiger partial charge in [-0.25, -0.2) is 0 Å². The molecule has 0 saturated carbocycles. The predicted octanol–water partition coefficient (Wildman–Crippen LogP) is 5.80. The summed E-state index contributed by atoms with van der Waals surface area (Å²) in [6.07, 6.45) is 5.84. The molecule has 0 N–H and O–H groups in total. The molecular formula is C20H29N. The molecule has 114 valence electrons. The largest absolute Gasteiger partial charge is 0.339 e. The van der Waals surface area contributed by atoms with Gasteiger partial charge in [0.1, 0.15) is 0 Å². The van der Waals surface area contributed by atoms with E-state index in [0.29, 0.717) is 11.8 Å². The smallest absolute Gasteiger partial charge is 0.0413 e.